The third kappa shape index (κ3) is 3.68. The summed E-state index contributed by atoms with van der Waals surface area (Å²) in [5, 5.41) is 0. The topological polar surface area (TPSA) is 41.6 Å². The Labute approximate surface area is 122 Å². The van der Waals surface area contributed by atoms with Crippen molar-refractivity contribution in [3.8, 4) is 0 Å². The van der Waals surface area contributed by atoms with Gasteiger partial charge in [-0.15, -0.1) is 0 Å². The molecule has 0 saturated carbocycles. The molecule has 0 unspecified atom stereocenters. The number of nitrogens with zero attached hydrogens (tertiary/aromatic N) is 2. The summed E-state index contributed by atoms with van der Waals surface area (Å²) in [6.07, 6.45) is -3.18. The van der Waals surface area contributed by atoms with Gasteiger partial charge >= 0.3 is 6.18 Å². The van der Waals surface area contributed by atoms with E-state index in [9.17, 15) is 13.2 Å². The second kappa shape index (κ2) is 5.58. The lowest BCUT2D eigenvalue weighted by atomic mass is 9.84. The Balaban J connectivity index is 2.08. The Morgan fingerprint density at radius 3 is 2.10 bits per heavy atom. The highest BCUT2D eigenvalue weighted by Gasteiger charge is 2.31. The number of rotatable bonds is 3. The number of alkyl halides is 3. The molecule has 1 aromatic rings. The summed E-state index contributed by atoms with van der Waals surface area (Å²) >= 11 is 0. The molecule has 1 saturated heterocycles. The summed E-state index contributed by atoms with van der Waals surface area (Å²) in [6, 6.07) is 5.25. The van der Waals surface area contributed by atoms with Crippen LogP contribution in [-0.2, 0) is 11.6 Å². The second-order valence-electron chi connectivity index (χ2n) is 5.97. The van der Waals surface area contributed by atoms with E-state index in [0.717, 1.165) is 37.2 Å². The summed E-state index contributed by atoms with van der Waals surface area (Å²) in [7, 11) is 0. The number of likely N-dealkylation sites (tertiary alicyclic amines) is 1. The summed E-state index contributed by atoms with van der Waals surface area (Å²) in [6.45, 7) is 6.19. The monoisotopic (exact) mass is 299 g/mol. The first-order valence-electron chi connectivity index (χ1n) is 6.93. The number of hydrogen-bond acceptors (Lipinski definition) is 1. The molecule has 0 spiro atoms. The van der Waals surface area contributed by atoms with Crippen LogP contribution in [0.15, 0.2) is 29.3 Å². The van der Waals surface area contributed by atoms with Crippen LogP contribution < -0.4 is 5.73 Å². The molecule has 0 bridgehead atoms. The van der Waals surface area contributed by atoms with Gasteiger partial charge in [-0.25, -0.2) is 0 Å². The zero-order chi connectivity index (χ0) is 15.7. The zero-order valence-electron chi connectivity index (χ0n) is 12.2. The fourth-order valence-electron chi connectivity index (χ4n) is 2.13. The van der Waals surface area contributed by atoms with Gasteiger partial charge in [0.2, 0.25) is 0 Å². The minimum Gasteiger partial charge on any atom is -0.370 e. The predicted octanol–water partition coefficient (Wildman–Crippen LogP) is 3.00. The van der Waals surface area contributed by atoms with E-state index in [1.165, 1.54) is 12.1 Å². The van der Waals surface area contributed by atoms with Crippen LogP contribution in [0.4, 0.5) is 13.2 Å². The first kappa shape index (κ1) is 15.7. The van der Waals surface area contributed by atoms with Gasteiger partial charge in [-0.2, -0.15) is 13.2 Å². The molecule has 1 fully saturated rings. The van der Waals surface area contributed by atoms with Crippen LogP contribution in [0.3, 0.4) is 0 Å². The van der Waals surface area contributed by atoms with Gasteiger partial charge in [0, 0.05) is 18.5 Å². The lowest BCUT2D eigenvalue weighted by molar-refractivity contribution is -0.137. The fourth-order valence-corrected chi connectivity index (χ4v) is 2.13. The lowest BCUT2D eigenvalue weighted by Gasteiger charge is -2.32. The molecule has 3 nitrogen and oxygen atoms in total. The quantitative estimate of drug-likeness (QED) is 0.688. The van der Waals surface area contributed by atoms with Gasteiger partial charge in [0.15, 0.2) is 5.96 Å². The lowest BCUT2D eigenvalue weighted by Crippen LogP contribution is -2.46. The SMILES string of the molecule is CC(C)(CN=C(N)N1CCC1)c1ccc(C(F)(F)F)cc1. The smallest absolute Gasteiger partial charge is 0.370 e. The van der Waals surface area contributed by atoms with Crippen molar-refractivity contribution in [2.24, 2.45) is 10.7 Å². The molecule has 0 atom stereocenters. The minimum atomic E-state index is -4.30. The molecule has 0 aromatic heterocycles. The number of benzene rings is 1. The van der Waals surface area contributed by atoms with E-state index in [0.29, 0.717) is 12.5 Å². The molecular weight excluding hydrogens is 279 g/mol. The van der Waals surface area contributed by atoms with Crippen molar-refractivity contribution in [1.82, 2.24) is 4.90 Å². The maximum atomic E-state index is 12.6. The Hall–Kier alpha value is -1.72. The molecule has 1 heterocycles. The van der Waals surface area contributed by atoms with Crippen molar-refractivity contribution in [1.29, 1.82) is 0 Å². The molecule has 1 aliphatic heterocycles. The van der Waals surface area contributed by atoms with E-state index in [1.807, 2.05) is 18.7 Å². The van der Waals surface area contributed by atoms with Crippen LogP contribution in [0, 0.1) is 0 Å². The number of nitrogens with two attached hydrogens (primary N) is 1. The van der Waals surface area contributed by atoms with E-state index in [1.54, 1.807) is 0 Å². The molecular formula is C15H20F3N3. The van der Waals surface area contributed by atoms with Crippen molar-refractivity contribution in [2.45, 2.75) is 31.9 Å². The number of aliphatic imine (C=N–C) groups is 1. The third-order valence-corrected chi connectivity index (χ3v) is 3.81. The van der Waals surface area contributed by atoms with Crippen LogP contribution in [0.1, 0.15) is 31.4 Å². The Morgan fingerprint density at radius 1 is 1.14 bits per heavy atom. The highest BCUT2D eigenvalue weighted by Crippen LogP contribution is 2.31. The van der Waals surface area contributed by atoms with E-state index in [2.05, 4.69) is 4.99 Å². The average molecular weight is 299 g/mol. The number of hydrogen-bond donors (Lipinski definition) is 1. The molecule has 0 aliphatic carbocycles. The summed E-state index contributed by atoms with van der Waals surface area (Å²) in [4.78, 5) is 6.35. The molecule has 1 aromatic carbocycles. The number of guanidine groups is 1. The van der Waals surface area contributed by atoms with Crippen LogP contribution in [0.5, 0.6) is 0 Å². The Morgan fingerprint density at radius 2 is 1.67 bits per heavy atom. The van der Waals surface area contributed by atoms with Crippen molar-refractivity contribution < 1.29 is 13.2 Å². The van der Waals surface area contributed by atoms with Crippen LogP contribution >= 0.6 is 0 Å². The van der Waals surface area contributed by atoms with Gasteiger partial charge in [-0.05, 0) is 24.1 Å². The third-order valence-electron chi connectivity index (χ3n) is 3.81. The summed E-state index contributed by atoms with van der Waals surface area (Å²) in [5.41, 5.74) is 5.69. The van der Waals surface area contributed by atoms with Crippen molar-refractivity contribution in [3.05, 3.63) is 35.4 Å². The molecule has 2 rings (SSSR count). The minimum absolute atomic E-state index is 0.361. The fraction of sp³-hybridized carbons (Fsp3) is 0.533. The summed E-state index contributed by atoms with van der Waals surface area (Å²) < 4.78 is 37.7. The molecule has 1 aliphatic rings. The first-order valence-corrected chi connectivity index (χ1v) is 6.93. The highest BCUT2D eigenvalue weighted by molar-refractivity contribution is 5.78. The second-order valence-corrected chi connectivity index (χ2v) is 5.97. The van der Waals surface area contributed by atoms with Gasteiger partial charge < -0.3 is 10.6 Å². The van der Waals surface area contributed by atoms with E-state index in [-0.39, 0.29) is 5.41 Å². The van der Waals surface area contributed by atoms with Crippen molar-refractivity contribution >= 4 is 5.96 Å². The average Bonchev–Trinajstić information content (AvgIpc) is 2.34. The van der Waals surface area contributed by atoms with Crippen molar-refractivity contribution in [2.75, 3.05) is 19.6 Å². The van der Waals surface area contributed by atoms with Gasteiger partial charge in [0.05, 0.1) is 12.1 Å². The first-order chi connectivity index (χ1) is 9.70. The molecule has 2 N–H and O–H groups in total. The van der Waals surface area contributed by atoms with Crippen LogP contribution in [0.2, 0.25) is 0 Å². The normalized spacial score (nSPS) is 16.8. The summed E-state index contributed by atoms with van der Waals surface area (Å²) in [5.74, 6) is 0.515. The predicted molar refractivity (Wildman–Crippen MR) is 77.1 cm³/mol. The van der Waals surface area contributed by atoms with Crippen LogP contribution in [-0.4, -0.2) is 30.5 Å². The van der Waals surface area contributed by atoms with Crippen LogP contribution in [0.25, 0.3) is 0 Å². The molecule has 21 heavy (non-hydrogen) atoms. The highest BCUT2D eigenvalue weighted by atomic mass is 19.4. The number of halogens is 3. The Bertz CT molecular complexity index is 514. The zero-order valence-corrected chi connectivity index (χ0v) is 12.2. The molecule has 0 radical (unpaired) electrons. The van der Waals surface area contributed by atoms with Gasteiger partial charge in [0.1, 0.15) is 0 Å². The molecule has 6 heteroatoms. The molecule has 0 amide bonds. The maximum Gasteiger partial charge on any atom is 0.416 e. The standard InChI is InChI=1S/C15H20F3N3/c1-14(2,10-20-13(19)21-8-3-9-21)11-4-6-12(7-5-11)15(16,17)18/h4-7H,3,8-10H2,1-2H3,(H2,19,20). The van der Waals surface area contributed by atoms with Gasteiger partial charge in [-0.1, -0.05) is 26.0 Å². The largest absolute Gasteiger partial charge is 0.416 e. The van der Waals surface area contributed by atoms with Gasteiger partial charge in [-0.3, -0.25) is 4.99 Å². The van der Waals surface area contributed by atoms with E-state index < -0.39 is 11.7 Å². The molecule has 116 valence electrons. The van der Waals surface area contributed by atoms with Crippen molar-refractivity contribution in [3.63, 3.8) is 0 Å². The maximum absolute atomic E-state index is 12.6. The Kier molecular flexibility index (Phi) is 4.16. The van der Waals surface area contributed by atoms with E-state index >= 15 is 0 Å². The van der Waals surface area contributed by atoms with E-state index in [4.69, 9.17) is 5.73 Å². The van der Waals surface area contributed by atoms with Gasteiger partial charge in [0.25, 0.3) is 0 Å².